The van der Waals surface area contributed by atoms with Crippen molar-refractivity contribution in [2.24, 2.45) is 0 Å². The van der Waals surface area contributed by atoms with Gasteiger partial charge in [0, 0.05) is 6.54 Å². The standard InChI is InChI=1S/C16H24BNO2/c1-7-18-11-13-8-9-14(10-12(13)2)17-19-15(3,4)16(5,6)20-17/h7-10,18H,1,11H2,2-6H3. The third-order valence-electron chi connectivity index (χ3n) is 4.33. The predicted molar refractivity (Wildman–Crippen MR) is 83.9 cm³/mol. The van der Waals surface area contributed by atoms with Gasteiger partial charge >= 0.3 is 7.12 Å². The molecule has 1 fully saturated rings. The highest BCUT2D eigenvalue weighted by molar-refractivity contribution is 6.62. The van der Waals surface area contributed by atoms with E-state index in [-0.39, 0.29) is 18.3 Å². The van der Waals surface area contributed by atoms with E-state index in [1.54, 1.807) is 6.20 Å². The molecule has 1 saturated heterocycles. The first-order valence-corrected chi connectivity index (χ1v) is 7.06. The summed E-state index contributed by atoms with van der Waals surface area (Å²) in [5.41, 5.74) is 2.96. The van der Waals surface area contributed by atoms with Gasteiger partial charge in [-0.3, -0.25) is 0 Å². The summed E-state index contributed by atoms with van der Waals surface area (Å²) in [4.78, 5) is 0. The van der Waals surface area contributed by atoms with E-state index in [1.807, 2.05) is 0 Å². The van der Waals surface area contributed by atoms with Crippen LogP contribution in [0, 0.1) is 6.92 Å². The van der Waals surface area contributed by atoms with Crippen molar-refractivity contribution < 1.29 is 9.31 Å². The van der Waals surface area contributed by atoms with Crippen LogP contribution in [0.15, 0.2) is 31.0 Å². The Morgan fingerprint density at radius 3 is 2.30 bits per heavy atom. The van der Waals surface area contributed by atoms with Gasteiger partial charge in [-0.25, -0.2) is 0 Å². The predicted octanol–water partition coefficient (Wildman–Crippen LogP) is 2.53. The minimum atomic E-state index is -0.297. The van der Waals surface area contributed by atoms with Crippen LogP contribution in [0.2, 0.25) is 0 Å². The monoisotopic (exact) mass is 273 g/mol. The second kappa shape index (κ2) is 5.26. The normalized spacial score (nSPS) is 19.9. The Balaban J connectivity index is 2.19. The summed E-state index contributed by atoms with van der Waals surface area (Å²) in [5.74, 6) is 0. The molecule has 1 aromatic carbocycles. The van der Waals surface area contributed by atoms with Gasteiger partial charge in [0.05, 0.1) is 11.2 Å². The number of benzene rings is 1. The minimum Gasteiger partial charge on any atom is -0.399 e. The molecule has 108 valence electrons. The van der Waals surface area contributed by atoms with E-state index in [0.717, 1.165) is 12.0 Å². The van der Waals surface area contributed by atoms with Crippen LogP contribution in [0.3, 0.4) is 0 Å². The fourth-order valence-electron chi connectivity index (χ4n) is 2.23. The van der Waals surface area contributed by atoms with Crippen molar-refractivity contribution in [1.82, 2.24) is 5.32 Å². The van der Waals surface area contributed by atoms with E-state index in [1.165, 1.54) is 11.1 Å². The topological polar surface area (TPSA) is 30.5 Å². The number of rotatable bonds is 4. The molecule has 1 aliphatic heterocycles. The molecule has 3 nitrogen and oxygen atoms in total. The molecule has 0 aromatic heterocycles. The largest absolute Gasteiger partial charge is 0.494 e. The van der Waals surface area contributed by atoms with E-state index in [2.05, 4.69) is 64.7 Å². The summed E-state index contributed by atoms with van der Waals surface area (Å²) in [6.07, 6.45) is 1.71. The lowest BCUT2D eigenvalue weighted by Gasteiger charge is -2.32. The molecular weight excluding hydrogens is 249 g/mol. The first kappa shape index (κ1) is 15.1. The number of aryl methyl sites for hydroxylation is 1. The Kier molecular flexibility index (Phi) is 3.98. The van der Waals surface area contributed by atoms with Crippen LogP contribution in [0.5, 0.6) is 0 Å². The molecule has 0 unspecified atom stereocenters. The first-order chi connectivity index (χ1) is 9.27. The molecule has 20 heavy (non-hydrogen) atoms. The molecule has 0 saturated carbocycles. The minimum absolute atomic E-state index is 0.292. The highest BCUT2D eigenvalue weighted by atomic mass is 16.7. The maximum Gasteiger partial charge on any atom is 0.494 e. The second-order valence-corrected chi connectivity index (χ2v) is 6.36. The summed E-state index contributed by atoms with van der Waals surface area (Å²) in [6.45, 7) is 14.9. The van der Waals surface area contributed by atoms with Crippen LogP contribution in [0.4, 0.5) is 0 Å². The van der Waals surface area contributed by atoms with Crippen molar-refractivity contribution in [1.29, 1.82) is 0 Å². The van der Waals surface area contributed by atoms with Gasteiger partial charge in [-0.05, 0) is 57.4 Å². The lowest BCUT2D eigenvalue weighted by atomic mass is 9.78. The van der Waals surface area contributed by atoms with Crippen LogP contribution < -0.4 is 10.8 Å². The number of hydrogen-bond donors (Lipinski definition) is 1. The van der Waals surface area contributed by atoms with Gasteiger partial charge in [0.15, 0.2) is 0 Å². The molecule has 4 heteroatoms. The van der Waals surface area contributed by atoms with Crippen LogP contribution >= 0.6 is 0 Å². The van der Waals surface area contributed by atoms with Crippen molar-refractivity contribution in [2.45, 2.75) is 52.4 Å². The van der Waals surface area contributed by atoms with E-state index in [4.69, 9.17) is 9.31 Å². The Hall–Kier alpha value is -1.26. The van der Waals surface area contributed by atoms with Gasteiger partial charge in [-0.1, -0.05) is 24.8 Å². The molecule has 2 rings (SSSR count). The summed E-state index contributed by atoms with van der Waals surface area (Å²) in [6, 6.07) is 6.34. The highest BCUT2D eigenvalue weighted by Crippen LogP contribution is 2.36. The van der Waals surface area contributed by atoms with Crippen molar-refractivity contribution in [3.05, 3.63) is 42.1 Å². The van der Waals surface area contributed by atoms with E-state index in [0.29, 0.717) is 0 Å². The molecule has 1 aromatic rings. The van der Waals surface area contributed by atoms with Gasteiger partial charge in [-0.15, -0.1) is 0 Å². The molecule has 0 atom stereocenters. The molecule has 1 heterocycles. The maximum atomic E-state index is 6.07. The van der Waals surface area contributed by atoms with E-state index >= 15 is 0 Å². The zero-order valence-electron chi connectivity index (χ0n) is 13.1. The number of hydrogen-bond acceptors (Lipinski definition) is 3. The average molecular weight is 273 g/mol. The summed E-state index contributed by atoms with van der Waals surface area (Å²) >= 11 is 0. The Morgan fingerprint density at radius 1 is 1.20 bits per heavy atom. The van der Waals surface area contributed by atoms with Crippen LogP contribution in [0.1, 0.15) is 38.8 Å². The number of nitrogens with one attached hydrogen (secondary N) is 1. The lowest BCUT2D eigenvalue weighted by Crippen LogP contribution is -2.41. The second-order valence-electron chi connectivity index (χ2n) is 6.36. The summed E-state index contributed by atoms with van der Waals surface area (Å²) < 4.78 is 12.1. The molecule has 0 aliphatic carbocycles. The smallest absolute Gasteiger partial charge is 0.399 e. The molecule has 0 amide bonds. The van der Waals surface area contributed by atoms with Crippen molar-refractivity contribution in [3.8, 4) is 0 Å². The molecule has 0 bridgehead atoms. The lowest BCUT2D eigenvalue weighted by molar-refractivity contribution is 0.00578. The fourth-order valence-corrected chi connectivity index (χ4v) is 2.23. The SMILES string of the molecule is C=CNCc1ccc(B2OC(C)(C)C(C)(C)O2)cc1C. The van der Waals surface area contributed by atoms with Gasteiger partial charge in [0.25, 0.3) is 0 Å². The molecule has 1 N–H and O–H groups in total. The zero-order valence-corrected chi connectivity index (χ0v) is 13.1. The molecular formula is C16H24BNO2. The molecule has 0 spiro atoms. The van der Waals surface area contributed by atoms with Crippen molar-refractivity contribution in [2.75, 3.05) is 0 Å². The quantitative estimate of drug-likeness (QED) is 0.855. The third-order valence-corrected chi connectivity index (χ3v) is 4.33. The van der Waals surface area contributed by atoms with E-state index < -0.39 is 0 Å². The van der Waals surface area contributed by atoms with Crippen LogP contribution in [-0.4, -0.2) is 18.3 Å². The van der Waals surface area contributed by atoms with Gasteiger partial charge in [0.2, 0.25) is 0 Å². The third kappa shape index (κ3) is 2.77. The van der Waals surface area contributed by atoms with E-state index in [9.17, 15) is 0 Å². The zero-order chi connectivity index (χ0) is 15.0. The van der Waals surface area contributed by atoms with Gasteiger partial charge in [-0.2, -0.15) is 0 Å². The molecule has 1 aliphatic rings. The molecule has 0 radical (unpaired) electrons. The highest BCUT2D eigenvalue weighted by Gasteiger charge is 2.51. The maximum absolute atomic E-state index is 6.07. The Morgan fingerprint density at radius 2 is 1.80 bits per heavy atom. The Bertz CT molecular complexity index is 495. The summed E-state index contributed by atoms with van der Waals surface area (Å²) in [5, 5.41) is 3.12. The van der Waals surface area contributed by atoms with Gasteiger partial charge in [0.1, 0.15) is 0 Å². The average Bonchev–Trinajstić information content (AvgIpc) is 2.57. The van der Waals surface area contributed by atoms with Gasteiger partial charge < -0.3 is 14.6 Å². The Labute approximate surface area is 122 Å². The first-order valence-electron chi connectivity index (χ1n) is 7.06. The van der Waals surface area contributed by atoms with Crippen LogP contribution in [-0.2, 0) is 15.9 Å². The van der Waals surface area contributed by atoms with Crippen molar-refractivity contribution >= 4 is 12.6 Å². The fraction of sp³-hybridized carbons (Fsp3) is 0.500. The summed E-state index contributed by atoms with van der Waals surface area (Å²) in [7, 11) is -0.292. The van der Waals surface area contributed by atoms with Crippen molar-refractivity contribution in [3.63, 3.8) is 0 Å². The van der Waals surface area contributed by atoms with Crippen LogP contribution in [0.25, 0.3) is 0 Å².